The summed E-state index contributed by atoms with van der Waals surface area (Å²) < 4.78 is 16.9. The number of ether oxygens (including phenoxy) is 3. The van der Waals surface area contributed by atoms with E-state index in [1.54, 1.807) is 20.1 Å². The molecule has 1 aliphatic heterocycles. The molecule has 0 aromatic heterocycles. The number of benzene rings is 1. The highest BCUT2D eigenvalue weighted by Gasteiger charge is 2.31. The van der Waals surface area contributed by atoms with Gasteiger partial charge in [-0.25, -0.2) is 0 Å². The second-order valence-corrected chi connectivity index (χ2v) is 7.45. The fraction of sp³-hybridized carbons (Fsp3) is 0.348. The number of rotatable bonds is 4. The fourth-order valence-corrected chi connectivity index (χ4v) is 4.20. The molecule has 0 saturated heterocycles. The van der Waals surface area contributed by atoms with Crippen LogP contribution in [-0.4, -0.2) is 32.3 Å². The number of amides is 2. The minimum atomic E-state index is -0.438. The summed E-state index contributed by atoms with van der Waals surface area (Å²) in [5, 5.41) is 5.61. The minimum Gasteiger partial charge on any atom is -0.492 e. The molecule has 8 nitrogen and oxygen atoms in total. The number of carbonyl (C=O) groups excluding carboxylic acids is 2. The molecule has 2 N–H and O–H groups in total. The number of carbonyl (C=O) groups is 2. The fourth-order valence-electron chi connectivity index (χ4n) is 4.20. The standard InChI is InChI=1S/C23H24N2O6/c1-4-24-23(28)15-7-6-14-16(10-18(15)27)17(25-12(2)26)8-5-13-9-19-21(31-11-30-19)22(29-3)20(13)14/h6-7,9-10,17H,4-5,8,11H2,1-3H3,(H,24,28)(H,25,26)/t17-/m0/s1. The summed E-state index contributed by atoms with van der Waals surface area (Å²) in [5.41, 5.74) is 2.68. The van der Waals surface area contributed by atoms with Crippen LogP contribution < -0.4 is 30.3 Å². The molecule has 4 rings (SSSR count). The number of hydrogen-bond acceptors (Lipinski definition) is 6. The minimum absolute atomic E-state index is 0.0396. The summed E-state index contributed by atoms with van der Waals surface area (Å²) in [6.07, 6.45) is 1.20. The molecule has 0 unspecified atom stereocenters. The van der Waals surface area contributed by atoms with Crippen LogP contribution in [0.1, 0.15) is 47.8 Å². The van der Waals surface area contributed by atoms with Crippen molar-refractivity contribution in [3.8, 4) is 28.4 Å². The van der Waals surface area contributed by atoms with Gasteiger partial charge in [-0.1, -0.05) is 6.07 Å². The van der Waals surface area contributed by atoms with Crippen LogP contribution in [0.15, 0.2) is 29.1 Å². The Morgan fingerprint density at radius 1 is 1.23 bits per heavy atom. The summed E-state index contributed by atoms with van der Waals surface area (Å²) in [6, 6.07) is 6.22. The van der Waals surface area contributed by atoms with E-state index in [9.17, 15) is 14.4 Å². The molecule has 2 aromatic rings. The van der Waals surface area contributed by atoms with Gasteiger partial charge in [0.25, 0.3) is 5.91 Å². The molecule has 2 aliphatic rings. The van der Waals surface area contributed by atoms with Gasteiger partial charge in [0.05, 0.1) is 18.7 Å². The van der Waals surface area contributed by atoms with Gasteiger partial charge in [-0.05, 0) is 54.7 Å². The topological polar surface area (TPSA) is 103 Å². The van der Waals surface area contributed by atoms with E-state index in [1.165, 1.54) is 19.1 Å². The van der Waals surface area contributed by atoms with Gasteiger partial charge in [0.15, 0.2) is 16.9 Å². The van der Waals surface area contributed by atoms with Crippen LogP contribution >= 0.6 is 0 Å². The number of nitrogens with one attached hydrogen (secondary N) is 2. The molecule has 0 bridgehead atoms. The highest BCUT2D eigenvalue weighted by molar-refractivity contribution is 5.94. The van der Waals surface area contributed by atoms with E-state index in [4.69, 9.17) is 14.2 Å². The Morgan fingerprint density at radius 2 is 2.03 bits per heavy atom. The molecule has 1 atom stereocenters. The zero-order valence-electron chi connectivity index (χ0n) is 17.7. The van der Waals surface area contributed by atoms with Gasteiger partial charge in [0.1, 0.15) is 0 Å². The van der Waals surface area contributed by atoms with Crippen molar-refractivity contribution in [1.29, 1.82) is 0 Å². The first-order chi connectivity index (χ1) is 14.9. The Balaban J connectivity index is 2.02. The van der Waals surface area contributed by atoms with Crippen LogP contribution in [0.3, 0.4) is 0 Å². The maximum Gasteiger partial charge on any atom is 0.255 e. The van der Waals surface area contributed by atoms with Crippen LogP contribution in [0.5, 0.6) is 17.2 Å². The van der Waals surface area contributed by atoms with Crippen LogP contribution in [0.2, 0.25) is 0 Å². The first-order valence-corrected chi connectivity index (χ1v) is 10.2. The summed E-state index contributed by atoms with van der Waals surface area (Å²) >= 11 is 0. The van der Waals surface area contributed by atoms with E-state index in [1.807, 2.05) is 6.07 Å². The van der Waals surface area contributed by atoms with Gasteiger partial charge in [0.2, 0.25) is 18.4 Å². The van der Waals surface area contributed by atoms with Crippen molar-refractivity contribution in [3.05, 3.63) is 51.2 Å². The molecular formula is C23H24N2O6. The van der Waals surface area contributed by atoms with Gasteiger partial charge in [-0.2, -0.15) is 0 Å². The van der Waals surface area contributed by atoms with Crippen LogP contribution in [0.4, 0.5) is 0 Å². The average molecular weight is 424 g/mol. The van der Waals surface area contributed by atoms with E-state index in [0.29, 0.717) is 47.8 Å². The number of hydrogen-bond donors (Lipinski definition) is 2. The van der Waals surface area contributed by atoms with Gasteiger partial charge in [-0.3, -0.25) is 14.4 Å². The summed E-state index contributed by atoms with van der Waals surface area (Å²) in [4.78, 5) is 37.3. The third kappa shape index (κ3) is 3.69. The third-order valence-electron chi connectivity index (χ3n) is 5.49. The molecule has 31 heavy (non-hydrogen) atoms. The van der Waals surface area contributed by atoms with E-state index < -0.39 is 17.4 Å². The quantitative estimate of drug-likeness (QED) is 0.781. The lowest BCUT2D eigenvalue weighted by atomic mass is 9.95. The first-order valence-electron chi connectivity index (χ1n) is 10.2. The molecule has 1 aliphatic carbocycles. The lowest BCUT2D eigenvalue weighted by Crippen LogP contribution is -2.28. The molecule has 1 heterocycles. The second-order valence-electron chi connectivity index (χ2n) is 7.45. The van der Waals surface area contributed by atoms with E-state index in [2.05, 4.69) is 10.6 Å². The van der Waals surface area contributed by atoms with Crippen molar-refractivity contribution in [1.82, 2.24) is 10.6 Å². The van der Waals surface area contributed by atoms with Gasteiger partial charge in [0, 0.05) is 19.0 Å². The Labute approximate surface area is 179 Å². The van der Waals surface area contributed by atoms with Crippen molar-refractivity contribution in [3.63, 3.8) is 0 Å². The molecule has 2 amide bonds. The van der Waals surface area contributed by atoms with Crippen LogP contribution in [0.25, 0.3) is 11.1 Å². The van der Waals surface area contributed by atoms with Gasteiger partial charge in [-0.15, -0.1) is 0 Å². The monoisotopic (exact) mass is 424 g/mol. The maximum absolute atomic E-state index is 13.0. The molecule has 0 spiro atoms. The van der Waals surface area contributed by atoms with Crippen molar-refractivity contribution in [2.24, 2.45) is 0 Å². The van der Waals surface area contributed by atoms with E-state index in [0.717, 1.165) is 11.1 Å². The Kier molecular flexibility index (Phi) is 5.54. The number of methoxy groups -OCH3 is 1. The molecule has 2 aromatic carbocycles. The van der Waals surface area contributed by atoms with E-state index >= 15 is 0 Å². The average Bonchev–Trinajstić information content (AvgIpc) is 3.07. The predicted octanol–water partition coefficient (Wildman–Crippen LogP) is 2.32. The molecule has 0 fully saturated rings. The highest BCUT2D eigenvalue weighted by Crippen LogP contribution is 2.51. The van der Waals surface area contributed by atoms with Gasteiger partial charge >= 0.3 is 0 Å². The van der Waals surface area contributed by atoms with Crippen molar-refractivity contribution in [2.45, 2.75) is 32.7 Å². The van der Waals surface area contributed by atoms with Gasteiger partial charge < -0.3 is 24.8 Å². The largest absolute Gasteiger partial charge is 0.492 e. The van der Waals surface area contributed by atoms with Crippen molar-refractivity contribution < 1.29 is 23.8 Å². The Hall–Kier alpha value is -3.55. The van der Waals surface area contributed by atoms with E-state index in [-0.39, 0.29) is 18.3 Å². The van der Waals surface area contributed by atoms with Crippen LogP contribution in [0, 0.1) is 0 Å². The predicted molar refractivity (Wildman–Crippen MR) is 114 cm³/mol. The maximum atomic E-state index is 13.0. The van der Waals surface area contributed by atoms with Crippen LogP contribution in [-0.2, 0) is 11.2 Å². The second kappa shape index (κ2) is 8.29. The molecule has 0 radical (unpaired) electrons. The first kappa shape index (κ1) is 20.7. The third-order valence-corrected chi connectivity index (χ3v) is 5.49. The normalized spacial score (nSPS) is 15.9. The Morgan fingerprint density at radius 3 is 2.74 bits per heavy atom. The summed E-state index contributed by atoms with van der Waals surface area (Å²) in [7, 11) is 1.55. The lowest BCUT2D eigenvalue weighted by Gasteiger charge is -2.18. The number of aryl methyl sites for hydroxylation is 1. The Bertz CT molecular complexity index is 1130. The smallest absolute Gasteiger partial charge is 0.255 e. The zero-order chi connectivity index (χ0) is 22.1. The zero-order valence-corrected chi connectivity index (χ0v) is 17.7. The molecular weight excluding hydrogens is 400 g/mol. The molecule has 0 saturated carbocycles. The molecule has 8 heteroatoms. The highest BCUT2D eigenvalue weighted by atomic mass is 16.7. The number of fused-ring (bicyclic) bond motifs is 4. The van der Waals surface area contributed by atoms with Crippen molar-refractivity contribution >= 4 is 11.8 Å². The lowest BCUT2D eigenvalue weighted by molar-refractivity contribution is -0.119. The summed E-state index contributed by atoms with van der Waals surface area (Å²) in [5.74, 6) is 0.969. The van der Waals surface area contributed by atoms with Crippen molar-refractivity contribution in [2.75, 3.05) is 20.4 Å². The SMILES string of the molecule is CCNC(=O)c1ccc2c(cc1=O)[C@@H](NC(C)=O)CCc1cc3c(c(OC)c1-2)OCO3. The summed E-state index contributed by atoms with van der Waals surface area (Å²) in [6.45, 7) is 3.74. The molecule has 162 valence electrons.